The number of tetrazole rings is 1. The Morgan fingerprint density at radius 3 is 2.14 bits per heavy atom. The third-order valence-electron chi connectivity index (χ3n) is 3.29. The summed E-state index contributed by atoms with van der Waals surface area (Å²) in [5, 5.41) is 17.1. The largest absolute Gasteiger partial charge is 0.306 e. The van der Waals surface area contributed by atoms with Gasteiger partial charge in [0.05, 0.1) is 6.54 Å². The van der Waals surface area contributed by atoms with E-state index in [0.29, 0.717) is 12.4 Å². The van der Waals surface area contributed by atoms with Crippen LogP contribution < -0.4 is 5.32 Å². The normalized spacial score (nSPS) is 10.4. The monoisotopic (exact) mass is 291 g/mol. The van der Waals surface area contributed by atoms with Crippen LogP contribution in [-0.2, 0) is 6.54 Å². The van der Waals surface area contributed by atoms with Gasteiger partial charge in [0.2, 0.25) is 0 Å². The topological polar surface area (TPSA) is 66.5 Å². The van der Waals surface area contributed by atoms with E-state index in [2.05, 4.69) is 80.5 Å². The highest BCUT2D eigenvalue weighted by Gasteiger charge is 2.04. The molecule has 3 aromatic rings. The van der Waals surface area contributed by atoms with Crippen molar-refractivity contribution in [2.24, 2.45) is 0 Å². The van der Waals surface area contributed by atoms with Gasteiger partial charge in [0, 0.05) is 6.54 Å². The molecule has 0 unspecified atom stereocenters. The van der Waals surface area contributed by atoms with Crippen molar-refractivity contribution < 1.29 is 0 Å². The van der Waals surface area contributed by atoms with E-state index in [-0.39, 0.29) is 0 Å². The van der Waals surface area contributed by atoms with Gasteiger partial charge in [0.15, 0.2) is 5.82 Å². The smallest absolute Gasteiger partial charge is 0.188 e. The predicted molar refractivity (Wildman–Crippen MR) is 85.8 cm³/mol. The molecule has 0 bridgehead atoms. The zero-order valence-electron chi connectivity index (χ0n) is 12.1. The molecule has 22 heavy (non-hydrogen) atoms. The van der Waals surface area contributed by atoms with Crippen molar-refractivity contribution >= 4 is 5.57 Å². The number of benzene rings is 2. The molecule has 110 valence electrons. The molecule has 0 spiro atoms. The lowest BCUT2D eigenvalue weighted by atomic mass is 9.98. The molecule has 5 heteroatoms. The highest BCUT2D eigenvalue weighted by atomic mass is 15.5. The summed E-state index contributed by atoms with van der Waals surface area (Å²) in [7, 11) is 0. The van der Waals surface area contributed by atoms with Crippen LogP contribution in [0.4, 0.5) is 0 Å². The molecule has 0 saturated heterocycles. The molecule has 0 aliphatic rings. The van der Waals surface area contributed by atoms with Crippen molar-refractivity contribution in [3.05, 3.63) is 83.7 Å². The van der Waals surface area contributed by atoms with E-state index < -0.39 is 0 Å². The van der Waals surface area contributed by atoms with E-state index >= 15 is 0 Å². The SMILES string of the molecule is C(CNCc1nn[nH]n1)=C(c1ccccc1)c1ccccc1. The molecule has 0 aliphatic carbocycles. The third-order valence-corrected chi connectivity index (χ3v) is 3.29. The second kappa shape index (κ2) is 7.28. The molecule has 0 aliphatic heterocycles. The molecule has 0 amide bonds. The molecule has 0 atom stereocenters. The molecular weight excluding hydrogens is 274 g/mol. The summed E-state index contributed by atoms with van der Waals surface area (Å²) in [6, 6.07) is 20.8. The average molecular weight is 291 g/mol. The molecule has 3 rings (SSSR count). The lowest BCUT2D eigenvalue weighted by molar-refractivity contribution is 0.718. The molecule has 2 aromatic carbocycles. The maximum absolute atomic E-state index is 3.92. The molecule has 5 nitrogen and oxygen atoms in total. The van der Waals surface area contributed by atoms with Gasteiger partial charge in [-0.25, -0.2) is 0 Å². The van der Waals surface area contributed by atoms with Crippen LogP contribution in [-0.4, -0.2) is 27.2 Å². The standard InChI is InChI=1S/C17H17N5/c1-3-7-14(8-4-1)16(15-9-5-2-6-10-15)11-12-18-13-17-19-21-22-20-17/h1-11,18H,12-13H2,(H,19,20,21,22). The van der Waals surface area contributed by atoms with E-state index in [4.69, 9.17) is 0 Å². The number of H-pyrrole nitrogens is 1. The van der Waals surface area contributed by atoms with Gasteiger partial charge in [-0.3, -0.25) is 0 Å². The number of nitrogens with one attached hydrogen (secondary N) is 2. The van der Waals surface area contributed by atoms with Crippen LogP contribution in [0.3, 0.4) is 0 Å². The Morgan fingerprint density at radius 2 is 1.59 bits per heavy atom. The first kappa shape index (κ1) is 14.2. The van der Waals surface area contributed by atoms with Crippen LogP contribution in [0.2, 0.25) is 0 Å². The Kier molecular flexibility index (Phi) is 4.69. The lowest BCUT2D eigenvalue weighted by Crippen LogP contribution is -2.14. The minimum absolute atomic E-state index is 0.587. The molecule has 0 saturated carbocycles. The van der Waals surface area contributed by atoms with Gasteiger partial charge in [-0.1, -0.05) is 72.0 Å². The van der Waals surface area contributed by atoms with Crippen molar-refractivity contribution in [2.45, 2.75) is 6.54 Å². The van der Waals surface area contributed by atoms with Gasteiger partial charge in [0.25, 0.3) is 0 Å². The molecule has 1 aromatic heterocycles. The Hall–Kier alpha value is -2.79. The fourth-order valence-electron chi connectivity index (χ4n) is 2.25. The zero-order valence-corrected chi connectivity index (χ0v) is 12.1. The highest BCUT2D eigenvalue weighted by molar-refractivity contribution is 5.79. The number of aromatic nitrogens is 4. The van der Waals surface area contributed by atoms with Crippen LogP contribution in [0.25, 0.3) is 5.57 Å². The summed E-state index contributed by atoms with van der Waals surface area (Å²) in [5.41, 5.74) is 3.62. The summed E-state index contributed by atoms with van der Waals surface area (Å²) < 4.78 is 0. The van der Waals surface area contributed by atoms with E-state index in [9.17, 15) is 0 Å². The van der Waals surface area contributed by atoms with Crippen LogP contribution in [0, 0.1) is 0 Å². The number of hydrogen-bond acceptors (Lipinski definition) is 4. The van der Waals surface area contributed by atoms with Crippen LogP contribution in [0.5, 0.6) is 0 Å². The van der Waals surface area contributed by atoms with Crippen molar-refractivity contribution in [3.8, 4) is 0 Å². The number of rotatable bonds is 6. The quantitative estimate of drug-likeness (QED) is 0.685. The predicted octanol–water partition coefficient (Wildman–Crippen LogP) is 2.42. The molecule has 0 fully saturated rings. The van der Waals surface area contributed by atoms with E-state index in [0.717, 1.165) is 6.54 Å². The zero-order chi connectivity index (χ0) is 15.0. The highest BCUT2D eigenvalue weighted by Crippen LogP contribution is 2.22. The summed E-state index contributed by atoms with van der Waals surface area (Å²) in [6.07, 6.45) is 2.19. The summed E-state index contributed by atoms with van der Waals surface area (Å²) in [4.78, 5) is 0. The minimum Gasteiger partial charge on any atom is -0.306 e. The van der Waals surface area contributed by atoms with Crippen molar-refractivity contribution in [2.75, 3.05) is 6.54 Å². The van der Waals surface area contributed by atoms with E-state index in [1.807, 2.05) is 12.1 Å². The molecule has 0 radical (unpaired) electrons. The first-order chi connectivity index (χ1) is 10.9. The van der Waals surface area contributed by atoms with Crippen molar-refractivity contribution in [3.63, 3.8) is 0 Å². The van der Waals surface area contributed by atoms with E-state index in [1.165, 1.54) is 16.7 Å². The summed E-state index contributed by atoms with van der Waals surface area (Å²) in [5.74, 6) is 0.661. The second-order valence-corrected chi connectivity index (χ2v) is 4.81. The minimum atomic E-state index is 0.587. The maximum atomic E-state index is 3.92. The Bertz CT molecular complexity index is 664. The molecule has 2 N–H and O–H groups in total. The van der Waals surface area contributed by atoms with Gasteiger partial charge in [-0.2, -0.15) is 5.21 Å². The van der Waals surface area contributed by atoms with Gasteiger partial charge in [-0.15, -0.1) is 10.2 Å². The van der Waals surface area contributed by atoms with Gasteiger partial charge in [-0.05, 0) is 16.7 Å². The average Bonchev–Trinajstić information content (AvgIpc) is 3.10. The number of hydrogen-bond donors (Lipinski definition) is 2. The van der Waals surface area contributed by atoms with Crippen molar-refractivity contribution in [1.29, 1.82) is 0 Å². The first-order valence-corrected chi connectivity index (χ1v) is 7.17. The Balaban J connectivity index is 1.75. The third kappa shape index (κ3) is 3.65. The molecule has 1 heterocycles. The summed E-state index contributed by atoms with van der Waals surface area (Å²) >= 11 is 0. The van der Waals surface area contributed by atoms with Gasteiger partial charge < -0.3 is 5.32 Å². The maximum Gasteiger partial charge on any atom is 0.188 e. The van der Waals surface area contributed by atoms with Crippen LogP contribution in [0.15, 0.2) is 66.7 Å². The molecular formula is C17H17N5. The van der Waals surface area contributed by atoms with E-state index in [1.54, 1.807) is 0 Å². The fraction of sp³-hybridized carbons (Fsp3) is 0.118. The van der Waals surface area contributed by atoms with Gasteiger partial charge >= 0.3 is 0 Å². The number of nitrogens with zero attached hydrogens (tertiary/aromatic N) is 3. The Morgan fingerprint density at radius 1 is 0.955 bits per heavy atom. The van der Waals surface area contributed by atoms with Gasteiger partial charge in [0.1, 0.15) is 0 Å². The fourth-order valence-corrected chi connectivity index (χ4v) is 2.25. The van der Waals surface area contributed by atoms with Crippen LogP contribution in [0.1, 0.15) is 17.0 Å². The second-order valence-electron chi connectivity index (χ2n) is 4.81. The van der Waals surface area contributed by atoms with Crippen LogP contribution >= 0.6 is 0 Å². The summed E-state index contributed by atoms with van der Waals surface area (Å²) in [6.45, 7) is 1.32. The number of aromatic amines is 1. The van der Waals surface area contributed by atoms with Crippen molar-refractivity contribution in [1.82, 2.24) is 25.9 Å². The first-order valence-electron chi connectivity index (χ1n) is 7.17. The Labute approximate surface area is 129 Å². The lowest BCUT2D eigenvalue weighted by Gasteiger charge is -2.09.